The van der Waals surface area contributed by atoms with Gasteiger partial charge in [0.15, 0.2) is 0 Å². The molecule has 0 aliphatic heterocycles. The van der Waals surface area contributed by atoms with Crippen molar-refractivity contribution in [2.75, 3.05) is 14.1 Å². The molecule has 0 aliphatic rings. The maximum atomic E-state index is 9.78. The molecule has 0 saturated heterocycles. The van der Waals surface area contributed by atoms with Crippen molar-refractivity contribution < 1.29 is 4.79 Å². The number of nitrogens with two attached hydrogens (primary N) is 1. The van der Waals surface area contributed by atoms with Gasteiger partial charge in [0.2, 0.25) is 0 Å². The number of nitrogens with zero attached hydrogens (tertiary/aromatic N) is 2. The third-order valence-electron chi connectivity index (χ3n) is 0.661. The average molecular weight is 141 g/mol. The first-order valence-corrected chi connectivity index (χ1v) is 2.80. The molecule has 0 atom stereocenters. The van der Waals surface area contributed by atoms with Crippen molar-refractivity contribution in [1.82, 2.24) is 5.01 Å². The Morgan fingerprint density at radius 2 is 2.20 bits per heavy atom. The second-order valence-electron chi connectivity index (χ2n) is 1.87. The van der Waals surface area contributed by atoms with Crippen LogP contribution in [-0.2, 0) is 4.79 Å². The minimum absolute atomic E-state index is 0.317. The fourth-order valence-corrected chi connectivity index (χ4v) is 0.402. The van der Waals surface area contributed by atoms with E-state index in [1.54, 1.807) is 19.1 Å². The van der Waals surface area contributed by atoms with E-state index in [1.165, 1.54) is 12.2 Å². The molecule has 4 nitrogen and oxygen atoms in total. The number of hydrogen-bond donors (Lipinski definition) is 1. The van der Waals surface area contributed by atoms with Crippen LogP contribution in [0.2, 0.25) is 0 Å². The number of hydrogen-bond acceptors (Lipinski definition) is 3. The summed E-state index contributed by atoms with van der Waals surface area (Å²) >= 11 is 0. The molecule has 0 fully saturated rings. The van der Waals surface area contributed by atoms with Crippen LogP contribution in [0.4, 0.5) is 0 Å². The maximum absolute atomic E-state index is 9.78. The zero-order valence-corrected chi connectivity index (χ0v) is 6.11. The second-order valence-corrected chi connectivity index (χ2v) is 1.87. The summed E-state index contributed by atoms with van der Waals surface area (Å²) in [4.78, 5) is 9.78. The average Bonchev–Trinajstić information content (AvgIpc) is 1.82. The SMILES string of the molecule is CN(C)/N=C(N)\C=C/C=O. The molecule has 0 aromatic heterocycles. The van der Waals surface area contributed by atoms with Crippen LogP contribution in [0.3, 0.4) is 0 Å². The van der Waals surface area contributed by atoms with Crippen molar-refractivity contribution in [2.24, 2.45) is 10.8 Å². The number of carbonyl (C=O) groups is 1. The van der Waals surface area contributed by atoms with Gasteiger partial charge in [0.05, 0.1) is 0 Å². The van der Waals surface area contributed by atoms with Crippen LogP contribution in [-0.4, -0.2) is 31.2 Å². The summed E-state index contributed by atoms with van der Waals surface area (Å²) in [6.45, 7) is 0. The zero-order valence-electron chi connectivity index (χ0n) is 6.11. The number of rotatable bonds is 3. The number of allylic oxidation sites excluding steroid dienone is 1. The number of aldehydes is 1. The van der Waals surface area contributed by atoms with Crippen molar-refractivity contribution >= 4 is 12.1 Å². The largest absolute Gasteiger partial charge is 0.382 e. The summed E-state index contributed by atoms with van der Waals surface area (Å²) < 4.78 is 0. The molecule has 0 aromatic rings. The summed E-state index contributed by atoms with van der Waals surface area (Å²) in [5, 5.41) is 5.36. The standard InChI is InChI=1S/C6H11N3O/c1-9(2)8-6(7)4-3-5-10/h3-5H,1-2H3,(H2,7,8)/b4-3-. The summed E-state index contributed by atoms with van der Waals surface area (Å²) in [6.07, 6.45) is 3.38. The molecule has 0 radical (unpaired) electrons. The van der Waals surface area contributed by atoms with Gasteiger partial charge in [-0.25, -0.2) is 0 Å². The van der Waals surface area contributed by atoms with Gasteiger partial charge in [0.1, 0.15) is 12.1 Å². The Morgan fingerprint density at radius 3 is 2.60 bits per heavy atom. The molecule has 0 bridgehead atoms. The van der Waals surface area contributed by atoms with Gasteiger partial charge in [-0.2, -0.15) is 5.10 Å². The number of hydrazone groups is 1. The van der Waals surface area contributed by atoms with Gasteiger partial charge in [-0.3, -0.25) is 4.79 Å². The van der Waals surface area contributed by atoms with Crippen molar-refractivity contribution in [3.63, 3.8) is 0 Å². The Morgan fingerprint density at radius 1 is 1.60 bits per heavy atom. The smallest absolute Gasteiger partial charge is 0.143 e. The van der Waals surface area contributed by atoms with E-state index in [9.17, 15) is 4.79 Å². The van der Waals surface area contributed by atoms with Gasteiger partial charge >= 0.3 is 0 Å². The molecule has 56 valence electrons. The van der Waals surface area contributed by atoms with E-state index in [4.69, 9.17) is 5.73 Å². The molecule has 0 aliphatic carbocycles. The molecule has 2 N–H and O–H groups in total. The molecule has 0 rings (SSSR count). The van der Waals surface area contributed by atoms with Crippen molar-refractivity contribution in [2.45, 2.75) is 0 Å². The first-order chi connectivity index (χ1) is 4.66. The van der Waals surface area contributed by atoms with E-state index in [0.29, 0.717) is 12.1 Å². The van der Waals surface area contributed by atoms with Crippen LogP contribution in [0.25, 0.3) is 0 Å². The van der Waals surface area contributed by atoms with E-state index in [0.717, 1.165) is 0 Å². The Bertz CT molecular complexity index is 160. The van der Waals surface area contributed by atoms with Gasteiger partial charge < -0.3 is 10.7 Å². The lowest BCUT2D eigenvalue weighted by Gasteiger charge is -2.02. The second kappa shape index (κ2) is 4.55. The predicted molar refractivity (Wildman–Crippen MR) is 40.5 cm³/mol. The van der Waals surface area contributed by atoms with E-state index in [1.807, 2.05) is 0 Å². The quantitative estimate of drug-likeness (QED) is 0.191. The third-order valence-corrected chi connectivity index (χ3v) is 0.661. The maximum Gasteiger partial charge on any atom is 0.143 e. The van der Waals surface area contributed by atoms with Gasteiger partial charge in [-0.1, -0.05) is 0 Å². The minimum Gasteiger partial charge on any atom is -0.382 e. The summed E-state index contributed by atoms with van der Waals surface area (Å²) in [6, 6.07) is 0. The minimum atomic E-state index is 0.317. The summed E-state index contributed by atoms with van der Waals surface area (Å²) in [7, 11) is 3.50. The first kappa shape index (κ1) is 8.68. The van der Waals surface area contributed by atoms with E-state index in [2.05, 4.69) is 5.10 Å². The highest BCUT2D eigenvalue weighted by Gasteiger charge is 1.82. The van der Waals surface area contributed by atoms with Crippen molar-refractivity contribution in [1.29, 1.82) is 0 Å². The molecular formula is C6H11N3O. The Labute approximate surface area is 60.0 Å². The molecule has 0 amide bonds. The van der Waals surface area contributed by atoms with Crippen LogP contribution in [0.5, 0.6) is 0 Å². The van der Waals surface area contributed by atoms with Gasteiger partial charge in [0.25, 0.3) is 0 Å². The molecule has 0 saturated carbocycles. The highest BCUT2D eigenvalue weighted by Crippen LogP contribution is 1.77. The lowest BCUT2D eigenvalue weighted by molar-refractivity contribution is -0.104. The van der Waals surface area contributed by atoms with E-state index >= 15 is 0 Å². The van der Waals surface area contributed by atoms with Crippen molar-refractivity contribution in [3.05, 3.63) is 12.2 Å². The van der Waals surface area contributed by atoms with Crippen LogP contribution >= 0.6 is 0 Å². The number of amidine groups is 1. The van der Waals surface area contributed by atoms with Gasteiger partial charge in [-0.15, -0.1) is 0 Å². The molecular weight excluding hydrogens is 130 g/mol. The first-order valence-electron chi connectivity index (χ1n) is 2.80. The molecule has 10 heavy (non-hydrogen) atoms. The highest BCUT2D eigenvalue weighted by atomic mass is 16.1. The monoisotopic (exact) mass is 141 g/mol. The van der Waals surface area contributed by atoms with E-state index in [-0.39, 0.29) is 0 Å². The lowest BCUT2D eigenvalue weighted by Crippen LogP contribution is -2.14. The Hall–Kier alpha value is -1.32. The normalized spacial score (nSPS) is 12.0. The third kappa shape index (κ3) is 4.83. The fourth-order valence-electron chi connectivity index (χ4n) is 0.402. The summed E-state index contributed by atoms with van der Waals surface area (Å²) in [5.41, 5.74) is 5.32. The molecule has 4 heteroatoms. The van der Waals surface area contributed by atoms with Crippen LogP contribution in [0.1, 0.15) is 0 Å². The van der Waals surface area contributed by atoms with Crippen LogP contribution in [0.15, 0.2) is 17.3 Å². The molecule has 0 heterocycles. The predicted octanol–water partition coefficient (Wildman–Crippen LogP) is -0.425. The number of carbonyl (C=O) groups excluding carboxylic acids is 1. The molecule has 0 unspecified atom stereocenters. The lowest BCUT2D eigenvalue weighted by atomic mass is 10.5. The van der Waals surface area contributed by atoms with E-state index < -0.39 is 0 Å². The Kier molecular flexibility index (Phi) is 3.95. The topological polar surface area (TPSA) is 58.7 Å². The molecule has 0 spiro atoms. The molecule has 0 aromatic carbocycles. The van der Waals surface area contributed by atoms with Crippen molar-refractivity contribution in [3.8, 4) is 0 Å². The zero-order chi connectivity index (χ0) is 7.98. The van der Waals surface area contributed by atoms with Gasteiger partial charge in [-0.05, 0) is 12.2 Å². The summed E-state index contributed by atoms with van der Waals surface area (Å²) in [5.74, 6) is 0.317. The highest BCUT2D eigenvalue weighted by molar-refractivity contribution is 5.93. The Balaban J connectivity index is 3.93. The van der Waals surface area contributed by atoms with Crippen LogP contribution in [0, 0.1) is 0 Å². The van der Waals surface area contributed by atoms with Gasteiger partial charge in [0, 0.05) is 14.1 Å². The van der Waals surface area contributed by atoms with Crippen LogP contribution < -0.4 is 5.73 Å². The fraction of sp³-hybridized carbons (Fsp3) is 0.333.